The van der Waals surface area contributed by atoms with Crippen LogP contribution in [0.15, 0.2) is 30.3 Å². The van der Waals surface area contributed by atoms with Crippen LogP contribution in [0.5, 0.6) is 0 Å². The molecule has 1 saturated heterocycles. The normalized spacial score (nSPS) is 26.9. The highest BCUT2D eigenvalue weighted by atomic mass is 15.2. The number of nitrogens with one attached hydrogen (secondary N) is 1. The Morgan fingerprint density at radius 1 is 1.31 bits per heavy atom. The van der Waals surface area contributed by atoms with Gasteiger partial charge in [-0.2, -0.15) is 0 Å². The molecule has 1 N–H and O–H groups in total. The van der Waals surface area contributed by atoms with Gasteiger partial charge in [-0.1, -0.05) is 30.3 Å². The van der Waals surface area contributed by atoms with Crippen molar-refractivity contribution in [3.8, 4) is 0 Å². The molecule has 1 heterocycles. The third-order valence-electron chi connectivity index (χ3n) is 3.65. The summed E-state index contributed by atoms with van der Waals surface area (Å²) in [6.07, 6.45) is 2.54. The zero-order valence-corrected chi connectivity index (χ0v) is 10.3. The van der Waals surface area contributed by atoms with Crippen LogP contribution < -0.4 is 5.32 Å². The van der Waals surface area contributed by atoms with E-state index in [4.69, 9.17) is 0 Å². The fourth-order valence-corrected chi connectivity index (χ4v) is 2.54. The molecule has 2 rings (SSSR count). The average Bonchev–Trinajstić information content (AvgIpc) is 2.33. The Balaban J connectivity index is 1.92. The molecule has 1 aliphatic heterocycles. The topological polar surface area (TPSA) is 15.3 Å². The minimum atomic E-state index is 0.686. The summed E-state index contributed by atoms with van der Waals surface area (Å²) in [5.41, 5.74) is 1.43. The molecule has 0 radical (unpaired) electrons. The highest BCUT2D eigenvalue weighted by Crippen LogP contribution is 2.19. The fraction of sp³-hybridized carbons (Fsp3) is 0.571. The summed E-state index contributed by atoms with van der Waals surface area (Å²) in [5, 5.41) is 3.39. The molecule has 2 heteroatoms. The van der Waals surface area contributed by atoms with Crippen molar-refractivity contribution >= 4 is 0 Å². The first-order chi connectivity index (χ1) is 7.79. The van der Waals surface area contributed by atoms with Crippen LogP contribution in [0, 0.1) is 0 Å². The van der Waals surface area contributed by atoms with Crippen LogP contribution in [-0.4, -0.2) is 30.6 Å². The Hall–Kier alpha value is -0.860. The second kappa shape index (κ2) is 5.46. The smallest absolute Gasteiger partial charge is 0.0236 e. The Morgan fingerprint density at radius 3 is 2.69 bits per heavy atom. The third-order valence-corrected chi connectivity index (χ3v) is 3.65. The zero-order chi connectivity index (χ0) is 11.4. The predicted molar refractivity (Wildman–Crippen MR) is 68.4 cm³/mol. The SMILES string of the molecule is CN[C@@H]1CCN(Cc2ccccc2)[C@H](C)C1. The molecule has 0 amide bonds. The van der Waals surface area contributed by atoms with Crippen molar-refractivity contribution in [2.45, 2.75) is 38.4 Å². The van der Waals surface area contributed by atoms with Crippen LogP contribution in [0.2, 0.25) is 0 Å². The van der Waals surface area contributed by atoms with Crippen molar-refractivity contribution in [2.24, 2.45) is 0 Å². The van der Waals surface area contributed by atoms with Gasteiger partial charge in [0, 0.05) is 25.2 Å². The molecule has 0 saturated carbocycles. The highest BCUT2D eigenvalue weighted by molar-refractivity contribution is 5.14. The predicted octanol–water partition coefficient (Wildman–Crippen LogP) is 2.26. The van der Waals surface area contributed by atoms with Crippen LogP contribution >= 0.6 is 0 Å². The first-order valence-electron chi connectivity index (χ1n) is 6.25. The number of piperidine rings is 1. The molecular formula is C14H22N2. The maximum atomic E-state index is 3.39. The fourth-order valence-electron chi connectivity index (χ4n) is 2.54. The molecule has 88 valence electrons. The maximum absolute atomic E-state index is 3.39. The summed E-state index contributed by atoms with van der Waals surface area (Å²) in [4.78, 5) is 2.59. The Morgan fingerprint density at radius 2 is 2.06 bits per heavy atom. The van der Waals surface area contributed by atoms with Gasteiger partial charge in [-0.3, -0.25) is 4.90 Å². The Kier molecular flexibility index (Phi) is 3.97. The Bertz CT molecular complexity index is 310. The number of hydrogen-bond donors (Lipinski definition) is 1. The van der Waals surface area contributed by atoms with E-state index in [9.17, 15) is 0 Å². The summed E-state index contributed by atoms with van der Waals surface area (Å²) in [5.74, 6) is 0. The lowest BCUT2D eigenvalue weighted by atomic mass is 9.98. The molecule has 0 aromatic heterocycles. The zero-order valence-electron chi connectivity index (χ0n) is 10.3. The van der Waals surface area contributed by atoms with Crippen LogP contribution in [0.4, 0.5) is 0 Å². The van der Waals surface area contributed by atoms with Gasteiger partial charge in [0.25, 0.3) is 0 Å². The third kappa shape index (κ3) is 2.83. The summed E-state index contributed by atoms with van der Waals surface area (Å²) < 4.78 is 0. The lowest BCUT2D eigenvalue weighted by molar-refractivity contribution is 0.131. The van der Waals surface area contributed by atoms with E-state index in [1.807, 2.05) is 0 Å². The van der Waals surface area contributed by atoms with Crippen molar-refractivity contribution < 1.29 is 0 Å². The molecule has 0 spiro atoms. The standard InChI is InChI=1S/C14H22N2/c1-12-10-14(15-2)8-9-16(12)11-13-6-4-3-5-7-13/h3-7,12,14-15H,8-11H2,1-2H3/t12-,14-/m1/s1. The molecule has 1 aromatic rings. The van der Waals surface area contributed by atoms with Crippen molar-refractivity contribution in [3.05, 3.63) is 35.9 Å². The molecule has 1 fully saturated rings. The van der Waals surface area contributed by atoms with Gasteiger partial charge < -0.3 is 5.32 Å². The molecule has 0 unspecified atom stereocenters. The van der Waals surface area contributed by atoms with Crippen molar-refractivity contribution in [3.63, 3.8) is 0 Å². The van der Waals surface area contributed by atoms with Crippen molar-refractivity contribution in [2.75, 3.05) is 13.6 Å². The molecule has 16 heavy (non-hydrogen) atoms. The molecule has 2 nitrogen and oxygen atoms in total. The number of likely N-dealkylation sites (tertiary alicyclic amines) is 1. The first-order valence-corrected chi connectivity index (χ1v) is 6.25. The van der Waals surface area contributed by atoms with E-state index in [0.29, 0.717) is 12.1 Å². The van der Waals surface area contributed by atoms with Crippen LogP contribution in [0.3, 0.4) is 0 Å². The summed E-state index contributed by atoms with van der Waals surface area (Å²) in [7, 11) is 2.07. The second-order valence-electron chi connectivity index (χ2n) is 4.82. The van der Waals surface area contributed by atoms with Gasteiger partial charge in [-0.15, -0.1) is 0 Å². The van der Waals surface area contributed by atoms with Crippen LogP contribution in [-0.2, 0) is 6.54 Å². The van der Waals surface area contributed by atoms with Crippen LogP contribution in [0.1, 0.15) is 25.3 Å². The molecule has 2 atom stereocenters. The minimum Gasteiger partial charge on any atom is -0.317 e. The molecule has 0 aliphatic carbocycles. The lowest BCUT2D eigenvalue weighted by Gasteiger charge is -2.37. The molecule has 1 aliphatic rings. The summed E-state index contributed by atoms with van der Waals surface area (Å²) in [6, 6.07) is 12.2. The molecule has 0 bridgehead atoms. The van der Waals surface area contributed by atoms with Crippen molar-refractivity contribution in [1.82, 2.24) is 10.2 Å². The monoisotopic (exact) mass is 218 g/mol. The van der Waals surface area contributed by atoms with Gasteiger partial charge >= 0.3 is 0 Å². The number of nitrogens with zero attached hydrogens (tertiary/aromatic N) is 1. The van der Waals surface area contributed by atoms with Gasteiger partial charge in [0.05, 0.1) is 0 Å². The van der Waals surface area contributed by atoms with E-state index >= 15 is 0 Å². The quantitative estimate of drug-likeness (QED) is 0.837. The first kappa shape index (κ1) is 11.6. The summed E-state index contributed by atoms with van der Waals surface area (Å²) in [6.45, 7) is 4.65. The highest BCUT2D eigenvalue weighted by Gasteiger charge is 2.23. The summed E-state index contributed by atoms with van der Waals surface area (Å²) >= 11 is 0. The van der Waals surface area contributed by atoms with E-state index in [1.165, 1.54) is 24.9 Å². The Labute approximate surface area is 98.7 Å². The maximum Gasteiger partial charge on any atom is 0.0236 e. The lowest BCUT2D eigenvalue weighted by Crippen LogP contribution is -2.46. The number of benzene rings is 1. The molecular weight excluding hydrogens is 196 g/mol. The number of rotatable bonds is 3. The van der Waals surface area contributed by atoms with E-state index < -0.39 is 0 Å². The largest absolute Gasteiger partial charge is 0.317 e. The minimum absolute atomic E-state index is 0.686. The second-order valence-corrected chi connectivity index (χ2v) is 4.82. The van der Waals surface area contributed by atoms with E-state index in [0.717, 1.165) is 6.54 Å². The van der Waals surface area contributed by atoms with Gasteiger partial charge in [-0.05, 0) is 32.4 Å². The van der Waals surface area contributed by atoms with Crippen molar-refractivity contribution in [1.29, 1.82) is 0 Å². The molecule has 1 aromatic carbocycles. The van der Waals surface area contributed by atoms with Crippen LogP contribution in [0.25, 0.3) is 0 Å². The number of hydrogen-bond acceptors (Lipinski definition) is 2. The van der Waals surface area contributed by atoms with E-state index in [2.05, 4.69) is 54.5 Å². The van der Waals surface area contributed by atoms with Gasteiger partial charge in [0.15, 0.2) is 0 Å². The van der Waals surface area contributed by atoms with Gasteiger partial charge in [-0.25, -0.2) is 0 Å². The van der Waals surface area contributed by atoms with E-state index in [1.54, 1.807) is 0 Å². The average molecular weight is 218 g/mol. The van der Waals surface area contributed by atoms with Gasteiger partial charge in [0.1, 0.15) is 0 Å². The van der Waals surface area contributed by atoms with Gasteiger partial charge in [0.2, 0.25) is 0 Å². The van der Waals surface area contributed by atoms with E-state index in [-0.39, 0.29) is 0 Å².